The van der Waals surface area contributed by atoms with Gasteiger partial charge in [-0.25, -0.2) is 8.42 Å². The predicted octanol–water partition coefficient (Wildman–Crippen LogP) is 4.79. The Morgan fingerprint density at radius 2 is 1.64 bits per heavy atom. The highest BCUT2D eigenvalue weighted by Gasteiger charge is 2.34. The number of ether oxygens (including phenoxy) is 2. The van der Waals surface area contributed by atoms with E-state index in [1.54, 1.807) is 12.1 Å². The van der Waals surface area contributed by atoms with Gasteiger partial charge < -0.3 is 19.7 Å². The molecule has 0 saturated carbocycles. The first-order valence-electron chi connectivity index (χ1n) is 13.5. The Balaban J connectivity index is 2.11. The Hall–Kier alpha value is -3.57. The second-order valence-corrected chi connectivity index (χ2v) is 12.8. The van der Waals surface area contributed by atoms with Gasteiger partial charge in [-0.3, -0.25) is 13.9 Å². The summed E-state index contributed by atoms with van der Waals surface area (Å²) in [5.41, 5.74) is 1.79. The third-order valence-electron chi connectivity index (χ3n) is 6.85. The number of nitrogens with one attached hydrogen (secondary N) is 1. The molecule has 0 aromatic heterocycles. The van der Waals surface area contributed by atoms with Gasteiger partial charge in [-0.1, -0.05) is 65.3 Å². The molecule has 0 aliphatic carbocycles. The number of halogens is 1. The Morgan fingerprint density at radius 1 is 0.952 bits per heavy atom. The van der Waals surface area contributed by atoms with Gasteiger partial charge in [0.25, 0.3) is 0 Å². The molecule has 0 heterocycles. The molecule has 0 fully saturated rings. The molecule has 0 saturated heterocycles. The van der Waals surface area contributed by atoms with Crippen LogP contribution in [0.25, 0.3) is 0 Å². The summed E-state index contributed by atoms with van der Waals surface area (Å²) in [4.78, 5) is 29.5. The summed E-state index contributed by atoms with van der Waals surface area (Å²) in [5, 5.41) is 3.02. The van der Waals surface area contributed by atoms with Crippen LogP contribution in [0.4, 0.5) is 5.69 Å². The summed E-state index contributed by atoms with van der Waals surface area (Å²) < 4.78 is 38.8. The summed E-state index contributed by atoms with van der Waals surface area (Å²) in [6, 6.07) is 20.6. The van der Waals surface area contributed by atoms with E-state index >= 15 is 0 Å². The van der Waals surface area contributed by atoms with Crippen LogP contribution in [-0.4, -0.2) is 64.2 Å². The topological polar surface area (TPSA) is 105 Å². The van der Waals surface area contributed by atoms with Crippen molar-refractivity contribution in [1.29, 1.82) is 0 Å². The number of carbonyl (C=O) groups is 2. The average molecular weight is 661 g/mol. The lowest BCUT2D eigenvalue weighted by Crippen LogP contribution is -2.54. The Labute approximate surface area is 257 Å². The number of sulfonamides is 1. The van der Waals surface area contributed by atoms with Crippen molar-refractivity contribution < 1.29 is 27.5 Å². The summed E-state index contributed by atoms with van der Waals surface area (Å²) in [6.45, 7) is 3.39. The number of nitrogens with zero attached hydrogens (tertiary/aromatic N) is 2. The van der Waals surface area contributed by atoms with Gasteiger partial charge >= 0.3 is 0 Å². The molecule has 3 aromatic rings. The second kappa shape index (κ2) is 15.1. The van der Waals surface area contributed by atoms with E-state index in [4.69, 9.17) is 9.47 Å². The number of methoxy groups -OCH3 is 2. The molecule has 0 unspecified atom stereocenters. The van der Waals surface area contributed by atoms with Gasteiger partial charge in [0, 0.05) is 29.5 Å². The average Bonchev–Trinajstić information content (AvgIpc) is 2.97. The van der Waals surface area contributed by atoms with E-state index in [9.17, 15) is 18.0 Å². The summed E-state index contributed by atoms with van der Waals surface area (Å²) in [5.74, 6) is -0.220. The summed E-state index contributed by atoms with van der Waals surface area (Å²) in [6.07, 6.45) is 1.97. The fraction of sp³-hybridized carbons (Fsp3) is 0.355. The standard InChI is InChI=1S/C31H38BrN3O6S/c1-6-22(2)33-31(37)28(18-23-11-8-7-9-12-23)34(20-24-13-10-14-25(32)17-24)30(36)21-35(42(5,38)39)27-19-26(40-3)15-16-29(27)41-4/h7-17,19,22,28H,6,18,20-21H2,1-5H3,(H,33,37)/t22-,28+/m1/s1. The van der Waals surface area contributed by atoms with E-state index in [1.165, 1.54) is 25.2 Å². The fourth-order valence-electron chi connectivity index (χ4n) is 4.41. The SMILES string of the molecule is CC[C@@H](C)NC(=O)[C@H](Cc1ccccc1)N(Cc1cccc(Br)c1)C(=O)CN(c1cc(OC)ccc1OC)S(C)(=O)=O. The van der Waals surface area contributed by atoms with Gasteiger partial charge in [0.15, 0.2) is 0 Å². The number of amides is 2. The first-order chi connectivity index (χ1) is 20.0. The van der Waals surface area contributed by atoms with Gasteiger partial charge in [-0.2, -0.15) is 0 Å². The number of rotatable bonds is 14. The van der Waals surface area contributed by atoms with Crippen LogP contribution < -0.4 is 19.1 Å². The zero-order chi connectivity index (χ0) is 30.9. The van der Waals surface area contributed by atoms with Gasteiger partial charge in [0.1, 0.15) is 24.1 Å². The van der Waals surface area contributed by atoms with E-state index in [2.05, 4.69) is 21.2 Å². The number of carbonyl (C=O) groups excluding carboxylic acids is 2. The molecule has 42 heavy (non-hydrogen) atoms. The van der Waals surface area contributed by atoms with Crippen molar-refractivity contribution in [2.45, 2.75) is 45.3 Å². The smallest absolute Gasteiger partial charge is 0.244 e. The first-order valence-corrected chi connectivity index (χ1v) is 16.2. The molecule has 2 amide bonds. The number of benzene rings is 3. The Kier molecular flexibility index (Phi) is 11.8. The Bertz CT molecular complexity index is 1470. The van der Waals surface area contributed by atoms with Gasteiger partial charge in [-0.05, 0) is 48.7 Å². The van der Waals surface area contributed by atoms with Crippen LogP contribution in [0.1, 0.15) is 31.4 Å². The highest BCUT2D eigenvalue weighted by atomic mass is 79.9. The first kappa shape index (κ1) is 32.9. The third-order valence-corrected chi connectivity index (χ3v) is 8.47. The predicted molar refractivity (Wildman–Crippen MR) is 168 cm³/mol. The normalized spacial score (nSPS) is 12.6. The molecule has 11 heteroatoms. The molecule has 0 aliphatic rings. The van der Waals surface area contributed by atoms with Crippen molar-refractivity contribution in [1.82, 2.24) is 10.2 Å². The molecular formula is C31H38BrN3O6S. The van der Waals surface area contributed by atoms with Crippen LogP contribution >= 0.6 is 15.9 Å². The fourth-order valence-corrected chi connectivity index (χ4v) is 5.71. The van der Waals surface area contributed by atoms with Crippen molar-refractivity contribution in [3.8, 4) is 11.5 Å². The lowest BCUT2D eigenvalue weighted by atomic mass is 10.0. The maximum absolute atomic E-state index is 14.3. The molecule has 9 nitrogen and oxygen atoms in total. The molecule has 3 aromatic carbocycles. The van der Waals surface area contributed by atoms with E-state index in [0.29, 0.717) is 12.2 Å². The zero-order valence-electron chi connectivity index (χ0n) is 24.5. The Morgan fingerprint density at radius 3 is 2.24 bits per heavy atom. The van der Waals surface area contributed by atoms with Crippen LogP contribution in [0.15, 0.2) is 77.3 Å². The molecule has 2 atom stereocenters. The van der Waals surface area contributed by atoms with Crippen LogP contribution in [0, 0.1) is 0 Å². The largest absolute Gasteiger partial charge is 0.497 e. The van der Waals surface area contributed by atoms with Crippen LogP contribution in [0.3, 0.4) is 0 Å². The lowest BCUT2D eigenvalue weighted by molar-refractivity contribution is -0.140. The molecule has 0 aliphatic heterocycles. The van der Waals surface area contributed by atoms with Crippen molar-refractivity contribution in [2.24, 2.45) is 0 Å². The van der Waals surface area contributed by atoms with E-state index in [1.807, 2.05) is 68.4 Å². The maximum atomic E-state index is 14.3. The van der Waals surface area contributed by atoms with E-state index < -0.39 is 28.5 Å². The van der Waals surface area contributed by atoms with Crippen molar-refractivity contribution in [2.75, 3.05) is 31.3 Å². The summed E-state index contributed by atoms with van der Waals surface area (Å²) in [7, 11) is -1.09. The van der Waals surface area contributed by atoms with Gasteiger partial charge in [0.05, 0.1) is 26.2 Å². The minimum atomic E-state index is -3.97. The number of hydrogen-bond donors (Lipinski definition) is 1. The molecule has 0 radical (unpaired) electrons. The van der Waals surface area contributed by atoms with E-state index in [0.717, 1.165) is 26.2 Å². The number of anilines is 1. The lowest BCUT2D eigenvalue weighted by Gasteiger charge is -2.34. The quantitative estimate of drug-likeness (QED) is 0.267. The van der Waals surface area contributed by atoms with Gasteiger partial charge in [-0.15, -0.1) is 0 Å². The second-order valence-electron chi connectivity index (χ2n) is 9.98. The van der Waals surface area contributed by atoms with Crippen LogP contribution in [0.2, 0.25) is 0 Å². The van der Waals surface area contributed by atoms with Crippen molar-refractivity contribution in [3.63, 3.8) is 0 Å². The molecule has 0 spiro atoms. The van der Waals surface area contributed by atoms with Crippen LogP contribution in [0.5, 0.6) is 11.5 Å². The van der Waals surface area contributed by atoms with E-state index in [-0.39, 0.29) is 36.4 Å². The number of hydrogen-bond acceptors (Lipinski definition) is 6. The maximum Gasteiger partial charge on any atom is 0.244 e. The van der Waals surface area contributed by atoms with Crippen molar-refractivity contribution >= 4 is 43.5 Å². The third kappa shape index (κ3) is 8.96. The van der Waals surface area contributed by atoms with Crippen LogP contribution in [-0.2, 0) is 32.6 Å². The highest BCUT2D eigenvalue weighted by molar-refractivity contribution is 9.10. The van der Waals surface area contributed by atoms with Gasteiger partial charge in [0.2, 0.25) is 21.8 Å². The molecular weight excluding hydrogens is 622 g/mol. The summed E-state index contributed by atoms with van der Waals surface area (Å²) >= 11 is 3.48. The van der Waals surface area contributed by atoms with Crippen molar-refractivity contribution in [3.05, 3.63) is 88.4 Å². The molecule has 226 valence electrons. The molecule has 1 N–H and O–H groups in total. The minimum absolute atomic E-state index is 0.0799. The zero-order valence-corrected chi connectivity index (χ0v) is 26.9. The highest BCUT2D eigenvalue weighted by Crippen LogP contribution is 2.34. The molecule has 3 rings (SSSR count). The monoisotopic (exact) mass is 659 g/mol. The molecule has 0 bridgehead atoms. The minimum Gasteiger partial charge on any atom is -0.497 e.